The zero-order valence-corrected chi connectivity index (χ0v) is 18.0. The monoisotopic (exact) mass is 471 g/mol. The lowest BCUT2D eigenvalue weighted by Crippen LogP contribution is -2.42. The highest BCUT2D eigenvalue weighted by molar-refractivity contribution is 5.92. The Bertz CT molecular complexity index is 1470. The van der Waals surface area contributed by atoms with Crippen LogP contribution in [0.3, 0.4) is 0 Å². The summed E-state index contributed by atoms with van der Waals surface area (Å²) in [5.74, 6) is -0.853. The van der Waals surface area contributed by atoms with E-state index in [2.05, 4.69) is 10.4 Å². The quantitative estimate of drug-likeness (QED) is 0.468. The number of aromatic nitrogens is 4. The minimum absolute atomic E-state index is 0.0131. The maximum absolute atomic E-state index is 13.3. The summed E-state index contributed by atoms with van der Waals surface area (Å²) in [6.45, 7) is 1.54. The minimum Gasteiger partial charge on any atom is -0.324 e. The molecule has 0 aliphatic heterocycles. The van der Waals surface area contributed by atoms with Crippen molar-refractivity contribution in [3.63, 3.8) is 0 Å². The first-order chi connectivity index (χ1) is 16.2. The van der Waals surface area contributed by atoms with E-state index in [1.165, 1.54) is 23.0 Å². The number of halogens is 3. The topological polar surface area (TPSA) is 90.9 Å². The molecule has 0 bridgehead atoms. The van der Waals surface area contributed by atoms with Crippen molar-refractivity contribution in [2.45, 2.75) is 32.7 Å². The maximum Gasteiger partial charge on any atom is 0.418 e. The van der Waals surface area contributed by atoms with Crippen molar-refractivity contribution in [1.29, 1.82) is 0 Å². The van der Waals surface area contributed by atoms with Crippen LogP contribution in [0.2, 0.25) is 0 Å². The SMILES string of the molecule is CCn1cc2c(n1)c(=O)n(Cc1ccccc1)c(=O)n2CC(=O)Nc1ccccc1C(F)(F)F. The van der Waals surface area contributed by atoms with E-state index < -0.39 is 41.1 Å². The van der Waals surface area contributed by atoms with Crippen LogP contribution in [-0.2, 0) is 30.6 Å². The second-order valence-corrected chi connectivity index (χ2v) is 7.56. The van der Waals surface area contributed by atoms with E-state index >= 15 is 0 Å². The van der Waals surface area contributed by atoms with Crippen LogP contribution in [0.15, 0.2) is 70.4 Å². The van der Waals surface area contributed by atoms with E-state index in [9.17, 15) is 27.6 Å². The maximum atomic E-state index is 13.3. The second kappa shape index (κ2) is 9.00. The van der Waals surface area contributed by atoms with E-state index in [-0.39, 0.29) is 17.6 Å². The summed E-state index contributed by atoms with van der Waals surface area (Å²) in [6.07, 6.45) is -3.21. The third-order valence-electron chi connectivity index (χ3n) is 5.26. The first-order valence-electron chi connectivity index (χ1n) is 10.4. The number of amides is 1. The number of rotatable bonds is 6. The van der Waals surface area contributed by atoms with Gasteiger partial charge in [-0.3, -0.25) is 23.4 Å². The predicted molar refractivity (Wildman–Crippen MR) is 120 cm³/mol. The van der Waals surface area contributed by atoms with Crippen LogP contribution in [0.4, 0.5) is 18.9 Å². The van der Waals surface area contributed by atoms with Gasteiger partial charge in [-0.2, -0.15) is 18.3 Å². The molecule has 0 aliphatic rings. The molecular formula is C23H20F3N5O3. The van der Waals surface area contributed by atoms with E-state index in [1.807, 2.05) is 0 Å². The fourth-order valence-electron chi connectivity index (χ4n) is 3.62. The molecular weight excluding hydrogens is 451 g/mol. The Kier molecular flexibility index (Phi) is 6.10. The summed E-state index contributed by atoms with van der Waals surface area (Å²) in [5.41, 5.74) is -2.02. The molecule has 8 nitrogen and oxygen atoms in total. The van der Waals surface area contributed by atoms with Gasteiger partial charge in [0.25, 0.3) is 5.56 Å². The van der Waals surface area contributed by atoms with Crippen molar-refractivity contribution in [2.24, 2.45) is 0 Å². The molecule has 0 unspecified atom stereocenters. The van der Waals surface area contributed by atoms with Gasteiger partial charge in [0, 0.05) is 12.7 Å². The van der Waals surface area contributed by atoms with Gasteiger partial charge in [0.2, 0.25) is 5.91 Å². The van der Waals surface area contributed by atoms with Gasteiger partial charge in [0.15, 0.2) is 5.52 Å². The first-order valence-corrected chi connectivity index (χ1v) is 10.4. The number of carbonyl (C=O) groups excluding carboxylic acids is 1. The van der Waals surface area contributed by atoms with Crippen LogP contribution in [0.1, 0.15) is 18.1 Å². The molecule has 2 aromatic heterocycles. The number of nitrogens with one attached hydrogen (secondary N) is 1. The van der Waals surface area contributed by atoms with Crippen molar-refractivity contribution in [3.05, 3.63) is 92.8 Å². The van der Waals surface area contributed by atoms with Crippen molar-refractivity contribution in [3.8, 4) is 0 Å². The average molecular weight is 471 g/mol. The Morgan fingerprint density at radius 2 is 1.68 bits per heavy atom. The van der Waals surface area contributed by atoms with Gasteiger partial charge in [-0.05, 0) is 24.6 Å². The Labute approximate surface area is 190 Å². The van der Waals surface area contributed by atoms with Gasteiger partial charge >= 0.3 is 11.9 Å². The molecule has 0 saturated heterocycles. The zero-order valence-electron chi connectivity index (χ0n) is 18.0. The third kappa shape index (κ3) is 4.49. The fourth-order valence-corrected chi connectivity index (χ4v) is 3.62. The number of benzene rings is 2. The Morgan fingerprint density at radius 1 is 1.00 bits per heavy atom. The van der Waals surface area contributed by atoms with Crippen molar-refractivity contribution < 1.29 is 18.0 Å². The Hall–Kier alpha value is -4.15. The van der Waals surface area contributed by atoms with E-state index in [0.717, 1.165) is 21.3 Å². The number of carbonyl (C=O) groups is 1. The van der Waals surface area contributed by atoms with Gasteiger partial charge in [-0.25, -0.2) is 4.79 Å². The van der Waals surface area contributed by atoms with Crippen LogP contribution in [-0.4, -0.2) is 24.8 Å². The lowest BCUT2D eigenvalue weighted by atomic mass is 10.1. The molecule has 0 aliphatic carbocycles. The summed E-state index contributed by atoms with van der Waals surface area (Å²) in [7, 11) is 0. The largest absolute Gasteiger partial charge is 0.418 e. The Balaban J connectivity index is 1.76. The molecule has 4 aromatic rings. The molecule has 4 rings (SSSR count). The second-order valence-electron chi connectivity index (χ2n) is 7.56. The molecule has 1 N–H and O–H groups in total. The van der Waals surface area contributed by atoms with Crippen LogP contribution in [0.25, 0.3) is 11.0 Å². The number of alkyl halides is 3. The van der Waals surface area contributed by atoms with Crippen LogP contribution < -0.4 is 16.6 Å². The Morgan fingerprint density at radius 3 is 2.35 bits per heavy atom. The summed E-state index contributed by atoms with van der Waals surface area (Å²) >= 11 is 0. The normalized spacial score (nSPS) is 11.6. The summed E-state index contributed by atoms with van der Waals surface area (Å²) in [6, 6.07) is 13.3. The number of nitrogens with zero attached hydrogens (tertiary/aromatic N) is 4. The highest BCUT2D eigenvalue weighted by atomic mass is 19.4. The van der Waals surface area contributed by atoms with Crippen molar-refractivity contribution in [1.82, 2.24) is 18.9 Å². The number of aryl methyl sites for hydroxylation is 1. The third-order valence-corrected chi connectivity index (χ3v) is 5.26. The van der Waals surface area contributed by atoms with Gasteiger partial charge < -0.3 is 5.32 Å². The average Bonchev–Trinajstić information content (AvgIpc) is 3.24. The fraction of sp³-hybridized carbons (Fsp3) is 0.217. The van der Waals surface area contributed by atoms with Gasteiger partial charge in [-0.15, -0.1) is 0 Å². The molecule has 176 valence electrons. The minimum atomic E-state index is -4.67. The molecule has 0 fully saturated rings. The first kappa shape index (κ1) is 23.0. The molecule has 11 heteroatoms. The molecule has 0 saturated carbocycles. The van der Waals surface area contributed by atoms with Gasteiger partial charge in [0.1, 0.15) is 6.54 Å². The molecule has 1 amide bonds. The lowest BCUT2D eigenvalue weighted by Gasteiger charge is -2.15. The molecule has 0 spiro atoms. The van der Waals surface area contributed by atoms with Crippen LogP contribution >= 0.6 is 0 Å². The van der Waals surface area contributed by atoms with Crippen molar-refractivity contribution in [2.75, 3.05) is 5.32 Å². The standard InChI is InChI=1S/C23H20F3N5O3/c1-2-29-13-18-20(28-29)21(33)31(12-15-8-4-3-5-9-15)22(34)30(18)14-19(32)27-17-11-7-6-10-16(17)23(24,25)26/h3-11,13H,2,12,14H2,1H3,(H,27,32). The molecule has 2 aromatic carbocycles. The summed E-state index contributed by atoms with van der Waals surface area (Å²) in [4.78, 5) is 39.0. The molecule has 0 radical (unpaired) electrons. The van der Waals surface area contributed by atoms with Crippen LogP contribution in [0, 0.1) is 0 Å². The molecule has 2 heterocycles. The summed E-state index contributed by atoms with van der Waals surface area (Å²) < 4.78 is 43.3. The predicted octanol–water partition coefficient (Wildman–Crippen LogP) is 3.09. The van der Waals surface area contributed by atoms with Gasteiger partial charge in [-0.1, -0.05) is 42.5 Å². The van der Waals surface area contributed by atoms with Gasteiger partial charge in [0.05, 0.1) is 23.3 Å². The number of hydrogen-bond donors (Lipinski definition) is 1. The van der Waals surface area contributed by atoms with E-state index in [4.69, 9.17) is 0 Å². The smallest absolute Gasteiger partial charge is 0.324 e. The summed E-state index contributed by atoms with van der Waals surface area (Å²) in [5, 5.41) is 6.44. The molecule has 0 atom stereocenters. The molecule has 34 heavy (non-hydrogen) atoms. The van der Waals surface area contributed by atoms with E-state index in [1.54, 1.807) is 37.3 Å². The number of fused-ring (bicyclic) bond motifs is 1. The number of anilines is 1. The number of hydrogen-bond acceptors (Lipinski definition) is 4. The highest BCUT2D eigenvalue weighted by Crippen LogP contribution is 2.34. The van der Waals surface area contributed by atoms with E-state index in [0.29, 0.717) is 12.1 Å². The van der Waals surface area contributed by atoms with Crippen molar-refractivity contribution >= 4 is 22.6 Å². The highest BCUT2D eigenvalue weighted by Gasteiger charge is 2.33. The zero-order chi connectivity index (χ0) is 24.5. The number of para-hydroxylation sites is 1. The van der Waals surface area contributed by atoms with Crippen LogP contribution in [0.5, 0.6) is 0 Å². The lowest BCUT2D eigenvalue weighted by molar-refractivity contribution is -0.137.